The van der Waals surface area contributed by atoms with E-state index < -0.39 is 0 Å². The first-order valence-corrected chi connectivity index (χ1v) is 7.82. The first-order valence-electron chi connectivity index (χ1n) is 7.45. The van der Waals surface area contributed by atoms with Gasteiger partial charge >= 0.3 is 6.03 Å². The first-order chi connectivity index (χ1) is 11.1. The normalized spacial score (nSPS) is 11.1. The molecule has 0 aliphatic rings. The van der Waals surface area contributed by atoms with Crippen molar-refractivity contribution in [3.8, 4) is 6.07 Å². The van der Waals surface area contributed by atoms with E-state index in [4.69, 9.17) is 11.6 Å². The maximum absolute atomic E-state index is 12.5. The number of nitriles is 1. The fraction of sp³-hybridized carbons (Fsp3) is 0.222. The molecule has 0 aliphatic heterocycles. The Balaban J connectivity index is 2.39. The number of carbonyl (C=O) groups is 1. The largest absolute Gasteiger partial charge is 0.328 e. The number of halogens is 1. The number of hydrogen-bond acceptors (Lipinski definition) is 2. The highest BCUT2D eigenvalue weighted by Crippen LogP contribution is 2.20. The van der Waals surface area contributed by atoms with E-state index in [-0.39, 0.29) is 6.03 Å². The van der Waals surface area contributed by atoms with Crippen LogP contribution < -0.4 is 0 Å². The average molecular weight is 328 g/mol. The minimum atomic E-state index is -0.0976. The number of benzene rings is 1. The van der Waals surface area contributed by atoms with Crippen molar-refractivity contribution in [1.82, 2.24) is 9.47 Å². The smallest absolute Gasteiger partial charge is 0.325 e. The number of aromatic nitrogens is 1. The van der Waals surface area contributed by atoms with Crippen LogP contribution in [0.5, 0.6) is 0 Å². The Kier molecular flexibility index (Phi) is 5.61. The second kappa shape index (κ2) is 7.66. The second-order valence-electron chi connectivity index (χ2n) is 4.93. The molecule has 2 aromatic rings. The summed E-state index contributed by atoms with van der Waals surface area (Å²) >= 11 is 5.88. The molecule has 0 radical (unpaired) electrons. The molecule has 0 saturated carbocycles. The lowest BCUT2D eigenvalue weighted by molar-refractivity contribution is 0.205. The molecule has 0 aliphatic carbocycles. The average Bonchev–Trinajstić information content (AvgIpc) is 3.02. The van der Waals surface area contributed by atoms with Gasteiger partial charge in [-0.05, 0) is 49.8 Å². The summed E-state index contributed by atoms with van der Waals surface area (Å²) in [5.74, 6) is 0. The molecule has 1 aromatic heterocycles. The van der Waals surface area contributed by atoms with Crippen molar-refractivity contribution in [2.45, 2.75) is 13.8 Å². The Morgan fingerprint density at radius 3 is 2.48 bits per heavy atom. The summed E-state index contributed by atoms with van der Waals surface area (Å²) < 4.78 is 1.56. The molecule has 0 saturated heterocycles. The molecular weight excluding hydrogens is 310 g/mol. The lowest BCUT2D eigenvalue weighted by Gasteiger charge is -2.19. The summed E-state index contributed by atoms with van der Waals surface area (Å²) in [5, 5.41) is 10.0. The topological polar surface area (TPSA) is 49.0 Å². The third kappa shape index (κ3) is 3.82. The Morgan fingerprint density at radius 1 is 1.26 bits per heavy atom. The van der Waals surface area contributed by atoms with E-state index >= 15 is 0 Å². The third-order valence-corrected chi connectivity index (χ3v) is 3.84. The molecule has 0 fully saturated rings. The fourth-order valence-electron chi connectivity index (χ4n) is 2.29. The number of hydrogen-bond donors (Lipinski definition) is 0. The SMILES string of the molecule is CCN(CC)C(=O)n1cccc1/C=C(\C#N)c1ccc(Cl)cc1. The van der Waals surface area contributed by atoms with E-state index in [1.807, 2.05) is 19.9 Å². The predicted molar refractivity (Wildman–Crippen MR) is 93.1 cm³/mol. The van der Waals surface area contributed by atoms with Gasteiger partial charge in [-0.1, -0.05) is 23.7 Å². The van der Waals surface area contributed by atoms with Gasteiger partial charge in [0, 0.05) is 24.3 Å². The zero-order valence-electron chi connectivity index (χ0n) is 13.2. The van der Waals surface area contributed by atoms with Crippen molar-refractivity contribution in [1.29, 1.82) is 5.26 Å². The molecular formula is C18H18ClN3O. The van der Waals surface area contributed by atoms with Crippen molar-refractivity contribution < 1.29 is 4.79 Å². The number of rotatable bonds is 4. The fourth-order valence-corrected chi connectivity index (χ4v) is 2.42. The molecule has 0 spiro atoms. The highest BCUT2D eigenvalue weighted by Gasteiger charge is 2.14. The van der Waals surface area contributed by atoms with Gasteiger partial charge in [-0.3, -0.25) is 4.57 Å². The molecule has 0 unspecified atom stereocenters. The number of carbonyl (C=O) groups excluding carboxylic acids is 1. The molecule has 1 heterocycles. The molecule has 23 heavy (non-hydrogen) atoms. The van der Waals surface area contributed by atoms with E-state index in [0.29, 0.717) is 29.4 Å². The monoisotopic (exact) mass is 327 g/mol. The van der Waals surface area contributed by atoms with Gasteiger partial charge in [0.2, 0.25) is 0 Å². The maximum Gasteiger partial charge on any atom is 0.328 e. The Labute approximate surface area is 141 Å². The van der Waals surface area contributed by atoms with Gasteiger partial charge in [-0.25, -0.2) is 4.79 Å². The van der Waals surface area contributed by atoms with E-state index in [1.165, 1.54) is 0 Å². The minimum Gasteiger partial charge on any atom is -0.325 e. The van der Waals surface area contributed by atoms with Crippen molar-refractivity contribution in [3.05, 3.63) is 58.9 Å². The molecule has 0 N–H and O–H groups in total. The van der Waals surface area contributed by atoms with Gasteiger partial charge < -0.3 is 4.90 Å². The zero-order chi connectivity index (χ0) is 16.8. The van der Waals surface area contributed by atoms with Crippen LogP contribution in [0.25, 0.3) is 11.6 Å². The highest BCUT2D eigenvalue weighted by atomic mass is 35.5. The van der Waals surface area contributed by atoms with E-state index in [1.54, 1.807) is 52.1 Å². The van der Waals surface area contributed by atoms with Crippen LogP contribution in [0.3, 0.4) is 0 Å². The summed E-state index contributed by atoms with van der Waals surface area (Å²) in [5.41, 5.74) is 1.92. The number of amides is 1. The van der Waals surface area contributed by atoms with Crippen LogP contribution in [0.2, 0.25) is 5.02 Å². The van der Waals surface area contributed by atoms with Gasteiger partial charge in [-0.15, -0.1) is 0 Å². The van der Waals surface area contributed by atoms with Gasteiger partial charge in [0.1, 0.15) is 0 Å². The number of nitrogens with zero attached hydrogens (tertiary/aromatic N) is 3. The standard InChI is InChI=1S/C18H18ClN3O/c1-3-21(4-2)18(23)22-11-5-6-17(22)12-15(13-20)14-7-9-16(19)10-8-14/h5-12H,3-4H2,1-2H3/b15-12+. The summed E-state index contributed by atoms with van der Waals surface area (Å²) in [6.45, 7) is 5.15. The molecule has 118 valence electrons. The summed E-state index contributed by atoms with van der Waals surface area (Å²) in [6, 6.07) is 12.7. The second-order valence-corrected chi connectivity index (χ2v) is 5.37. The van der Waals surface area contributed by atoms with Crippen molar-refractivity contribution in [3.63, 3.8) is 0 Å². The van der Waals surface area contributed by atoms with Crippen LogP contribution in [0.1, 0.15) is 25.1 Å². The molecule has 1 amide bonds. The summed E-state index contributed by atoms with van der Waals surface area (Å²) in [6.07, 6.45) is 3.42. The van der Waals surface area contributed by atoms with E-state index in [2.05, 4.69) is 6.07 Å². The molecule has 5 heteroatoms. The molecule has 0 bridgehead atoms. The summed E-state index contributed by atoms with van der Waals surface area (Å²) in [4.78, 5) is 14.2. The van der Waals surface area contributed by atoms with Crippen molar-refractivity contribution in [2.75, 3.05) is 13.1 Å². The zero-order valence-corrected chi connectivity index (χ0v) is 13.9. The van der Waals surface area contributed by atoms with Gasteiger partial charge in [0.25, 0.3) is 0 Å². The van der Waals surface area contributed by atoms with Crippen LogP contribution in [-0.2, 0) is 0 Å². The lowest BCUT2D eigenvalue weighted by atomic mass is 10.1. The Morgan fingerprint density at radius 2 is 1.91 bits per heavy atom. The minimum absolute atomic E-state index is 0.0976. The molecule has 1 aromatic carbocycles. The van der Waals surface area contributed by atoms with Crippen molar-refractivity contribution >= 4 is 29.3 Å². The molecule has 2 rings (SSSR count). The maximum atomic E-state index is 12.5. The highest BCUT2D eigenvalue weighted by molar-refractivity contribution is 6.30. The first kappa shape index (κ1) is 16.9. The molecule has 0 atom stereocenters. The summed E-state index contributed by atoms with van der Waals surface area (Å²) in [7, 11) is 0. The van der Waals surface area contributed by atoms with E-state index in [0.717, 1.165) is 5.56 Å². The lowest BCUT2D eigenvalue weighted by Crippen LogP contribution is -2.34. The molecule has 4 nitrogen and oxygen atoms in total. The quantitative estimate of drug-likeness (QED) is 0.775. The van der Waals surface area contributed by atoms with Crippen molar-refractivity contribution in [2.24, 2.45) is 0 Å². The van der Waals surface area contributed by atoms with Crippen LogP contribution in [0.15, 0.2) is 42.6 Å². The van der Waals surface area contributed by atoms with Crippen LogP contribution in [-0.4, -0.2) is 28.6 Å². The third-order valence-electron chi connectivity index (χ3n) is 3.59. The van der Waals surface area contributed by atoms with Crippen LogP contribution in [0, 0.1) is 11.3 Å². The van der Waals surface area contributed by atoms with E-state index in [9.17, 15) is 10.1 Å². The van der Waals surface area contributed by atoms with Gasteiger partial charge in [0.15, 0.2) is 0 Å². The van der Waals surface area contributed by atoms with Crippen LogP contribution in [0.4, 0.5) is 4.79 Å². The van der Waals surface area contributed by atoms with Gasteiger partial charge in [0.05, 0.1) is 17.3 Å². The Hall–Kier alpha value is -2.51. The van der Waals surface area contributed by atoms with Gasteiger partial charge in [-0.2, -0.15) is 5.26 Å². The van der Waals surface area contributed by atoms with Crippen LogP contribution >= 0.6 is 11.6 Å². The number of allylic oxidation sites excluding steroid dienone is 1. The predicted octanol–water partition coefficient (Wildman–Crippen LogP) is 4.52. The Bertz CT molecular complexity index is 749.